The van der Waals surface area contributed by atoms with Crippen LogP contribution < -0.4 is 10.1 Å². The maximum absolute atomic E-state index is 12.9. The number of hydrogen-bond acceptors (Lipinski definition) is 2. The van der Waals surface area contributed by atoms with Crippen LogP contribution in [0.4, 0.5) is 4.39 Å². The van der Waals surface area contributed by atoms with E-state index in [1.165, 1.54) is 34.3 Å². The Bertz CT molecular complexity index is 854. The third-order valence-corrected chi connectivity index (χ3v) is 4.89. The maximum atomic E-state index is 12.9. The van der Waals surface area contributed by atoms with Crippen LogP contribution in [-0.4, -0.2) is 24.3 Å². The largest absolute Gasteiger partial charge is 0.494 e. The van der Waals surface area contributed by atoms with Crippen molar-refractivity contribution in [1.82, 2.24) is 9.88 Å². The highest BCUT2D eigenvalue weighted by Crippen LogP contribution is 2.28. The predicted molar refractivity (Wildman–Crippen MR) is 98.7 cm³/mol. The van der Waals surface area contributed by atoms with Crippen molar-refractivity contribution in [3.63, 3.8) is 0 Å². The van der Waals surface area contributed by atoms with Crippen LogP contribution in [0, 0.1) is 5.82 Å². The van der Waals surface area contributed by atoms with E-state index in [0.29, 0.717) is 6.61 Å². The molecule has 0 amide bonds. The molecule has 0 saturated heterocycles. The molecule has 0 saturated carbocycles. The van der Waals surface area contributed by atoms with Crippen LogP contribution in [0.2, 0.25) is 0 Å². The van der Waals surface area contributed by atoms with E-state index in [2.05, 4.69) is 34.1 Å². The monoisotopic (exact) mass is 338 g/mol. The average Bonchev–Trinajstić information content (AvgIpc) is 2.78. The Balaban J connectivity index is 1.49. The van der Waals surface area contributed by atoms with E-state index in [9.17, 15) is 4.39 Å². The Hall–Kier alpha value is -2.33. The van der Waals surface area contributed by atoms with Crippen molar-refractivity contribution in [2.45, 2.75) is 25.8 Å². The van der Waals surface area contributed by atoms with Gasteiger partial charge in [-0.1, -0.05) is 18.2 Å². The average molecular weight is 338 g/mol. The lowest BCUT2D eigenvalue weighted by Crippen LogP contribution is -2.17. The summed E-state index contributed by atoms with van der Waals surface area (Å²) in [5, 5.41) is 4.89. The van der Waals surface area contributed by atoms with Gasteiger partial charge in [-0.2, -0.15) is 0 Å². The lowest BCUT2D eigenvalue weighted by atomic mass is 10.1. The fourth-order valence-electron chi connectivity index (χ4n) is 3.74. The Labute approximate surface area is 147 Å². The molecule has 0 fully saturated rings. The highest BCUT2D eigenvalue weighted by molar-refractivity contribution is 5.85. The van der Waals surface area contributed by atoms with Crippen molar-refractivity contribution in [3.8, 4) is 5.75 Å². The topological polar surface area (TPSA) is 26.2 Å². The molecule has 3 aromatic rings. The van der Waals surface area contributed by atoms with E-state index in [4.69, 9.17) is 4.74 Å². The van der Waals surface area contributed by atoms with Crippen LogP contribution in [0.3, 0.4) is 0 Å². The summed E-state index contributed by atoms with van der Waals surface area (Å²) in [6.07, 6.45) is 3.09. The third-order valence-electron chi connectivity index (χ3n) is 4.89. The molecule has 1 aromatic heterocycles. The first-order chi connectivity index (χ1) is 12.3. The molecule has 2 heterocycles. The Morgan fingerprint density at radius 1 is 1.00 bits per heavy atom. The Morgan fingerprint density at radius 3 is 2.68 bits per heavy atom. The number of para-hydroxylation sites is 1. The molecule has 130 valence electrons. The van der Waals surface area contributed by atoms with Gasteiger partial charge in [-0.25, -0.2) is 4.39 Å². The minimum Gasteiger partial charge on any atom is -0.494 e. The summed E-state index contributed by atoms with van der Waals surface area (Å²) in [7, 11) is 0. The van der Waals surface area contributed by atoms with Gasteiger partial charge in [0.1, 0.15) is 11.6 Å². The fourth-order valence-corrected chi connectivity index (χ4v) is 3.74. The predicted octanol–water partition coefficient (Wildman–Crippen LogP) is 3.94. The molecule has 1 N–H and O–H groups in total. The molecule has 25 heavy (non-hydrogen) atoms. The second-order valence-corrected chi connectivity index (χ2v) is 6.50. The van der Waals surface area contributed by atoms with Gasteiger partial charge in [0.15, 0.2) is 0 Å². The van der Waals surface area contributed by atoms with E-state index in [1.54, 1.807) is 12.1 Å². The summed E-state index contributed by atoms with van der Waals surface area (Å²) < 4.78 is 21.2. The van der Waals surface area contributed by atoms with Crippen LogP contribution in [0.5, 0.6) is 5.75 Å². The second kappa shape index (κ2) is 7.28. The van der Waals surface area contributed by atoms with Gasteiger partial charge in [0, 0.05) is 36.1 Å². The molecular weight excluding hydrogens is 315 g/mol. The molecular formula is C21H23FN2O. The van der Waals surface area contributed by atoms with Crippen molar-refractivity contribution in [3.05, 3.63) is 65.6 Å². The van der Waals surface area contributed by atoms with Gasteiger partial charge in [-0.05, 0) is 55.3 Å². The van der Waals surface area contributed by atoms with Gasteiger partial charge >= 0.3 is 0 Å². The number of fused-ring (bicyclic) bond motifs is 3. The first-order valence-electron chi connectivity index (χ1n) is 9.01. The zero-order chi connectivity index (χ0) is 17.1. The van der Waals surface area contributed by atoms with Gasteiger partial charge in [0.05, 0.1) is 6.61 Å². The van der Waals surface area contributed by atoms with Crippen molar-refractivity contribution >= 4 is 10.9 Å². The van der Waals surface area contributed by atoms with E-state index in [-0.39, 0.29) is 5.82 Å². The summed E-state index contributed by atoms with van der Waals surface area (Å²) in [6.45, 7) is 3.66. The first kappa shape index (κ1) is 16.2. The van der Waals surface area contributed by atoms with Crippen LogP contribution in [0.15, 0.2) is 48.5 Å². The molecule has 1 aliphatic rings. The zero-order valence-electron chi connectivity index (χ0n) is 14.3. The molecule has 0 radical (unpaired) electrons. The van der Waals surface area contributed by atoms with E-state index in [1.807, 2.05) is 0 Å². The summed E-state index contributed by atoms with van der Waals surface area (Å²) in [5.74, 6) is 0.490. The second-order valence-electron chi connectivity index (χ2n) is 6.50. The summed E-state index contributed by atoms with van der Waals surface area (Å²) >= 11 is 0. The normalized spacial score (nSPS) is 14.3. The zero-order valence-corrected chi connectivity index (χ0v) is 14.3. The number of hydrogen-bond donors (Lipinski definition) is 1. The quantitative estimate of drug-likeness (QED) is 0.713. The van der Waals surface area contributed by atoms with Crippen LogP contribution in [0.1, 0.15) is 17.7 Å². The van der Waals surface area contributed by atoms with Crippen molar-refractivity contribution in [2.75, 3.05) is 19.7 Å². The van der Waals surface area contributed by atoms with E-state index in [0.717, 1.165) is 44.6 Å². The number of benzene rings is 2. The molecule has 0 aliphatic carbocycles. The van der Waals surface area contributed by atoms with Gasteiger partial charge in [0.2, 0.25) is 0 Å². The minimum atomic E-state index is -0.234. The maximum Gasteiger partial charge on any atom is 0.123 e. The molecule has 4 heteroatoms. The number of halogens is 1. The molecule has 0 bridgehead atoms. The summed E-state index contributed by atoms with van der Waals surface area (Å²) in [6, 6.07) is 14.9. The van der Waals surface area contributed by atoms with Crippen molar-refractivity contribution < 1.29 is 9.13 Å². The molecule has 4 rings (SSSR count). The number of nitrogens with zero attached hydrogens (tertiary/aromatic N) is 1. The van der Waals surface area contributed by atoms with Crippen LogP contribution >= 0.6 is 0 Å². The number of aryl methyl sites for hydroxylation is 1. The molecule has 2 aromatic carbocycles. The Morgan fingerprint density at radius 2 is 1.80 bits per heavy atom. The standard InChI is InChI=1S/C21H23FN2O/c22-16-6-8-17(9-7-16)25-15-3-14-24-20-5-2-1-4-18(20)19-10-12-23-13-11-21(19)24/h1-2,4-9,23H,3,10-15H2. The smallest absolute Gasteiger partial charge is 0.123 e. The molecule has 1 aliphatic heterocycles. The highest BCUT2D eigenvalue weighted by atomic mass is 19.1. The number of aromatic nitrogens is 1. The number of rotatable bonds is 5. The van der Waals surface area contributed by atoms with Gasteiger partial charge in [0.25, 0.3) is 0 Å². The molecule has 0 unspecified atom stereocenters. The number of ether oxygens (including phenoxy) is 1. The third kappa shape index (κ3) is 3.40. The Kier molecular flexibility index (Phi) is 4.70. The molecule has 0 atom stereocenters. The lowest BCUT2D eigenvalue weighted by molar-refractivity contribution is 0.301. The van der Waals surface area contributed by atoms with E-state index < -0.39 is 0 Å². The molecule has 0 spiro atoms. The highest BCUT2D eigenvalue weighted by Gasteiger charge is 2.18. The van der Waals surface area contributed by atoms with Gasteiger partial charge < -0.3 is 14.6 Å². The summed E-state index contributed by atoms with van der Waals surface area (Å²) in [5.41, 5.74) is 4.30. The minimum absolute atomic E-state index is 0.234. The lowest BCUT2D eigenvalue weighted by Gasteiger charge is -2.12. The van der Waals surface area contributed by atoms with Crippen LogP contribution in [0.25, 0.3) is 10.9 Å². The van der Waals surface area contributed by atoms with E-state index >= 15 is 0 Å². The molecule has 3 nitrogen and oxygen atoms in total. The van der Waals surface area contributed by atoms with Gasteiger partial charge in [-0.3, -0.25) is 0 Å². The van der Waals surface area contributed by atoms with Crippen LogP contribution in [-0.2, 0) is 19.4 Å². The summed E-state index contributed by atoms with van der Waals surface area (Å²) in [4.78, 5) is 0. The first-order valence-corrected chi connectivity index (χ1v) is 9.01. The van der Waals surface area contributed by atoms with Crippen molar-refractivity contribution in [1.29, 1.82) is 0 Å². The fraction of sp³-hybridized carbons (Fsp3) is 0.333. The van der Waals surface area contributed by atoms with Crippen molar-refractivity contribution in [2.24, 2.45) is 0 Å². The van der Waals surface area contributed by atoms with Gasteiger partial charge in [-0.15, -0.1) is 0 Å². The number of nitrogens with one attached hydrogen (secondary N) is 1. The SMILES string of the molecule is Fc1ccc(OCCCn2c3c(c4ccccc42)CCNCC3)cc1.